The molecule has 0 radical (unpaired) electrons. The highest BCUT2D eigenvalue weighted by atomic mass is 35.5. The normalized spacial score (nSPS) is 19.8. The van der Waals surface area contributed by atoms with Crippen molar-refractivity contribution in [3.8, 4) is 5.69 Å². The first kappa shape index (κ1) is 20.7. The fourth-order valence-electron chi connectivity index (χ4n) is 3.54. The van der Waals surface area contributed by atoms with Gasteiger partial charge in [-0.15, -0.1) is 12.4 Å². The predicted molar refractivity (Wildman–Crippen MR) is 101 cm³/mol. The van der Waals surface area contributed by atoms with E-state index in [1.54, 1.807) is 6.07 Å². The minimum absolute atomic E-state index is 0. The van der Waals surface area contributed by atoms with Gasteiger partial charge < -0.3 is 10.6 Å². The molecule has 9 heteroatoms. The molecule has 1 aromatic heterocycles. The van der Waals surface area contributed by atoms with Crippen LogP contribution in [0.1, 0.15) is 53.2 Å². The van der Waals surface area contributed by atoms with Crippen molar-refractivity contribution in [2.75, 3.05) is 13.1 Å². The van der Waals surface area contributed by atoms with Gasteiger partial charge in [0, 0.05) is 18.5 Å². The number of carbonyl (C=O) groups excluding carboxylic acids is 1. The molecule has 1 saturated heterocycles. The van der Waals surface area contributed by atoms with Crippen molar-refractivity contribution in [2.24, 2.45) is 0 Å². The van der Waals surface area contributed by atoms with Crippen molar-refractivity contribution in [3.63, 3.8) is 0 Å². The van der Waals surface area contributed by atoms with Crippen LogP contribution >= 0.6 is 12.4 Å². The van der Waals surface area contributed by atoms with E-state index >= 15 is 0 Å². The molecular weight excluding hydrogens is 393 g/mol. The summed E-state index contributed by atoms with van der Waals surface area (Å²) in [6.07, 6.45) is 0.797. The number of alkyl halides is 3. The van der Waals surface area contributed by atoms with Crippen molar-refractivity contribution < 1.29 is 18.0 Å². The number of benzene rings is 1. The molecule has 152 valence electrons. The summed E-state index contributed by atoms with van der Waals surface area (Å²) in [4.78, 5) is 12.8. The summed E-state index contributed by atoms with van der Waals surface area (Å²) in [6.45, 7) is 1.68. The molecule has 2 fully saturated rings. The lowest BCUT2D eigenvalue weighted by Gasteiger charge is -2.23. The summed E-state index contributed by atoms with van der Waals surface area (Å²) < 4.78 is 40.6. The van der Waals surface area contributed by atoms with Crippen LogP contribution in [-0.2, 0) is 6.18 Å². The largest absolute Gasteiger partial charge is 0.416 e. The Bertz CT molecular complexity index is 842. The van der Waals surface area contributed by atoms with Gasteiger partial charge in [-0.2, -0.15) is 18.3 Å². The number of nitrogens with one attached hydrogen (secondary N) is 2. The predicted octanol–water partition coefficient (Wildman–Crippen LogP) is 3.67. The Morgan fingerprint density at radius 3 is 2.68 bits per heavy atom. The highest BCUT2D eigenvalue weighted by Gasteiger charge is 2.35. The fourth-order valence-corrected chi connectivity index (χ4v) is 3.54. The third-order valence-electron chi connectivity index (χ3n) is 5.07. The van der Waals surface area contributed by atoms with Crippen molar-refractivity contribution in [1.82, 2.24) is 20.4 Å². The van der Waals surface area contributed by atoms with Gasteiger partial charge in [-0.1, -0.05) is 6.07 Å². The Morgan fingerprint density at radius 1 is 1.25 bits per heavy atom. The molecular formula is C19H22ClF3N4O. The van der Waals surface area contributed by atoms with E-state index in [4.69, 9.17) is 0 Å². The highest BCUT2D eigenvalue weighted by Crippen LogP contribution is 2.42. The summed E-state index contributed by atoms with van der Waals surface area (Å²) >= 11 is 0. The number of nitrogens with zero attached hydrogens (tertiary/aromatic N) is 2. The minimum Gasteiger partial charge on any atom is -0.348 e. The molecule has 2 heterocycles. The summed E-state index contributed by atoms with van der Waals surface area (Å²) in [5, 5.41) is 10.5. The van der Waals surface area contributed by atoms with Gasteiger partial charge in [0.05, 0.1) is 28.7 Å². The maximum atomic E-state index is 13.0. The Hall–Kier alpha value is -2.06. The van der Waals surface area contributed by atoms with E-state index in [1.807, 2.05) is 0 Å². The van der Waals surface area contributed by atoms with Crippen LogP contribution < -0.4 is 10.6 Å². The van der Waals surface area contributed by atoms with Crippen LogP contribution in [0, 0.1) is 0 Å². The molecule has 2 aliphatic rings. The van der Waals surface area contributed by atoms with Crippen LogP contribution in [0.15, 0.2) is 30.5 Å². The number of halogens is 4. The standard InChI is InChI=1S/C19H21F3N4O.ClH/c20-19(21,22)13-3-1-5-15(9-13)26-17(12-6-7-12)16(11-24-26)18(27)25-14-4-2-8-23-10-14;/h1,3,5,9,11-12,14,23H,2,4,6-8,10H2,(H,25,27);1H/t14-;/m0./s1. The fraction of sp³-hybridized carbons (Fsp3) is 0.474. The maximum Gasteiger partial charge on any atom is 0.416 e. The quantitative estimate of drug-likeness (QED) is 0.802. The first-order valence-corrected chi connectivity index (χ1v) is 9.20. The van der Waals surface area contributed by atoms with Crippen LogP contribution in [0.2, 0.25) is 0 Å². The van der Waals surface area contributed by atoms with E-state index in [1.165, 1.54) is 16.9 Å². The Kier molecular flexibility index (Phi) is 6.00. The van der Waals surface area contributed by atoms with E-state index in [0.29, 0.717) is 16.9 Å². The van der Waals surface area contributed by atoms with Crippen molar-refractivity contribution in [1.29, 1.82) is 0 Å². The Labute approximate surface area is 167 Å². The SMILES string of the molecule is Cl.O=C(N[C@H]1CCCNC1)c1cnn(-c2cccc(C(F)(F)F)c2)c1C1CC1. The molecule has 1 atom stereocenters. The number of rotatable bonds is 4. The second kappa shape index (κ2) is 8.13. The number of piperidine rings is 1. The van der Waals surface area contributed by atoms with Gasteiger partial charge in [-0.05, 0) is 50.4 Å². The minimum atomic E-state index is -4.42. The number of carbonyl (C=O) groups is 1. The molecule has 1 amide bonds. The molecule has 1 saturated carbocycles. The third kappa shape index (κ3) is 4.33. The van der Waals surface area contributed by atoms with Crippen molar-refractivity contribution in [3.05, 3.63) is 47.3 Å². The van der Waals surface area contributed by atoms with Gasteiger partial charge in [-0.25, -0.2) is 4.68 Å². The molecule has 5 nitrogen and oxygen atoms in total. The molecule has 0 bridgehead atoms. The van der Waals surface area contributed by atoms with Crippen LogP contribution in [0.5, 0.6) is 0 Å². The van der Waals surface area contributed by atoms with Gasteiger partial charge in [-0.3, -0.25) is 4.79 Å². The third-order valence-corrected chi connectivity index (χ3v) is 5.07. The van der Waals surface area contributed by atoms with Gasteiger partial charge in [0.25, 0.3) is 5.91 Å². The van der Waals surface area contributed by atoms with Gasteiger partial charge in [0.1, 0.15) is 0 Å². The molecule has 1 aliphatic heterocycles. The van der Waals surface area contributed by atoms with Crippen LogP contribution in [0.4, 0.5) is 13.2 Å². The lowest BCUT2D eigenvalue weighted by Crippen LogP contribution is -2.45. The molecule has 0 unspecified atom stereocenters. The van der Waals surface area contributed by atoms with Gasteiger partial charge >= 0.3 is 6.18 Å². The summed E-state index contributed by atoms with van der Waals surface area (Å²) in [5.74, 6) is -0.0453. The summed E-state index contributed by atoms with van der Waals surface area (Å²) in [7, 11) is 0. The van der Waals surface area contributed by atoms with E-state index in [9.17, 15) is 18.0 Å². The number of aromatic nitrogens is 2. The summed E-state index contributed by atoms with van der Waals surface area (Å²) in [6, 6.07) is 5.12. The second-order valence-electron chi connectivity index (χ2n) is 7.19. The average Bonchev–Trinajstić information content (AvgIpc) is 3.39. The summed E-state index contributed by atoms with van der Waals surface area (Å²) in [5.41, 5.74) is 0.762. The Balaban J connectivity index is 0.00000225. The molecule has 0 spiro atoms. The first-order valence-electron chi connectivity index (χ1n) is 9.20. The lowest BCUT2D eigenvalue weighted by molar-refractivity contribution is -0.137. The number of hydrogen-bond acceptors (Lipinski definition) is 3. The van der Waals surface area contributed by atoms with Crippen molar-refractivity contribution >= 4 is 18.3 Å². The van der Waals surface area contributed by atoms with Crippen molar-refractivity contribution in [2.45, 2.75) is 43.8 Å². The van der Waals surface area contributed by atoms with E-state index in [0.717, 1.165) is 50.9 Å². The van der Waals surface area contributed by atoms with Crippen LogP contribution in [0.3, 0.4) is 0 Å². The average molecular weight is 415 g/mol. The highest BCUT2D eigenvalue weighted by molar-refractivity contribution is 5.95. The molecule has 28 heavy (non-hydrogen) atoms. The zero-order valence-electron chi connectivity index (χ0n) is 15.1. The zero-order valence-corrected chi connectivity index (χ0v) is 15.9. The number of amides is 1. The topological polar surface area (TPSA) is 59.0 Å². The number of hydrogen-bond donors (Lipinski definition) is 2. The first-order chi connectivity index (χ1) is 12.9. The maximum absolute atomic E-state index is 13.0. The smallest absolute Gasteiger partial charge is 0.348 e. The van der Waals surface area contributed by atoms with E-state index in [-0.39, 0.29) is 30.3 Å². The molecule has 2 aromatic rings. The molecule has 1 aliphatic carbocycles. The van der Waals surface area contributed by atoms with E-state index in [2.05, 4.69) is 15.7 Å². The van der Waals surface area contributed by atoms with Gasteiger partial charge in [0.15, 0.2) is 0 Å². The van der Waals surface area contributed by atoms with E-state index < -0.39 is 11.7 Å². The van der Waals surface area contributed by atoms with Gasteiger partial charge in [0.2, 0.25) is 0 Å². The molecule has 4 rings (SSSR count). The molecule has 2 N–H and O–H groups in total. The zero-order chi connectivity index (χ0) is 19.0. The van der Waals surface area contributed by atoms with Crippen LogP contribution in [0.25, 0.3) is 5.69 Å². The Morgan fingerprint density at radius 2 is 2.04 bits per heavy atom. The van der Waals surface area contributed by atoms with Crippen LogP contribution in [-0.4, -0.2) is 34.8 Å². The lowest BCUT2D eigenvalue weighted by atomic mass is 10.1. The molecule has 1 aromatic carbocycles. The monoisotopic (exact) mass is 414 g/mol. The second-order valence-corrected chi connectivity index (χ2v) is 7.19.